The average Bonchev–Trinajstić information content (AvgIpc) is 2.34. The van der Waals surface area contributed by atoms with Crippen LogP contribution in [0.25, 0.3) is 0 Å². The van der Waals surface area contributed by atoms with Crippen LogP contribution < -0.4 is 5.32 Å². The number of nitrogens with one attached hydrogen (secondary N) is 1. The molecule has 1 aromatic rings. The normalized spacial score (nSPS) is 12.7. The van der Waals surface area contributed by atoms with Crippen molar-refractivity contribution in [1.82, 2.24) is 10.3 Å². The smallest absolute Gasteiger partial charge is 0.0571 e. The number of rotatable bonds is 7. The summed E-state index contributed by atoms with van der Waals surface area (Å²) in [6.07, 6.45) is 4.36. The Balaban J connectivity index is 2.49. The van der Waals surface area contributed by atoms with Crippen LogP contribution in [0.3, 0.4) is 0 Å². The van der Waals surface area contributed by atoms with Gasteiger partial charge in [-0.3, -0.25) is 4.98 Å². The summed E-state index contributed by atoms with van der Waals surface area (Å²) in [7, 11) is 0. The van der Waals surface area contributed by atoms with Gasteiger partial charge in [0.05, 0.1) is 5.69 Å². The molecule has 1 aromatic heterocycles. The SMILES string of the molecule is CCCNC(C)c1ccc(SCCC)cn1. The van der Waals surface area contributed by atoms with Crippen LogP contribution in [0.2, 0.25) is 0 Å². The van der Waals surface area contributed by atoms with Gasteiger partial charge in [0.2, 0.25) is 0 Å². The largest absolute Gasteiger partial charge is 0.309 e. The molecule has 1 unspecified atom stereocenters. The second-order valence-electron chi connectivity index (χ2n) is 3.94. The maximum absolute atomic E-state index is 4.50. The molecule has 0 aromatic carbocycles. The predicted molar refractivity (Wildman–Crippen MR) is 72.0 cm³/mol. The van der Waals surface area contributed by atoms with Gasteiger partial charge in [-0.2, -0.15) is 0 Å². The van der Waals surface area contributed by atoms with Gasteiger partial charge in [-0.05, 0) is 44.2 Å². The van der Waals surface area contributed by atoms with E-state index in [1.807, 2.05) is 18.0 Å². The molecule has 1 atom stereocenters. The third-order valence-corrected chi connectivity index (χ3v) is 3.56. The van der Waals surface area contributed by atoms with Gasteiger partial charge in [0, 0.05) is 17.1 Å². The molecule has 0 fully saturated rings. The maximum Gasteiger partial charge on any atom is 0.0571 e. The minimum atomic E-state index is 0.352. The number of nitrogens with zero attached hydrogens (tertiary/aromatic N) is 1. The zero-order chi connectivity index (χ0) is 11.8. The van der Waals surface area contributed by atoms with Gasteiger partial charge in [0.15, 0.2) is 0 Å². The Hall–Kier alpha value is -0.540. The molecule has 3 heteroatoms. The van der Waals surface area contributed by atoms with E-state index in [0.717, 1.165) is 18.7 Å². The van der Waals surface area contributed by atoms with Crippen LogP contribution >= 0.6 is 11.8 Å². The molecular formula is C13H22N2S. The minimum absolute atomic E-state index is 0.352. The Bertz CT molecular complexity index is 284. The van der Waals surface area contributed by atoms with Crippen LogP contribution in [0.15, 0.2) is 23.2 Å². The lowest BCUT2D eigenvalue weighted by Gasteiger charge is -2.12. The molecule has 0 saturated heterocycles. The quantitative estimate of drug-likeness (QED) is 0.734. The van der Waals surface area contributed by atoms with Crippen LogP contribution in [0.1, 0.15) is 45.3 Å². The summed E-state index contributed by atoms with van der Waals surface area (Å²) in [5.74, 6) is 1.17. The summed E-state index contributed by atoms with van der Waals surface area (Å²) < 4.78 is 0. The van der Waals surface area contributed by atoms with Gasteiger partial charge in [-0.15, -0.1) is 11.8 Å². The van der Waals surface area contributed by atoms with Crippen LogP contribution in [0.5, 0.6) is 0 Å². The molecule has 1 N–H and O–H groups in total. The van der Waals surface area contributed by atoms with Gasteiger partial charge in [0.1, 0.15) is 0 Å². The van der Waals surface area contributed by atoms with Crippen molar-refractivity contribution in [3.8, 4) is 0 Å². The zero-order valence-corrected chi connectivity index (χ0v) is 11.3. The first-order valence-electron chi connectivity index (χ1n) is 6.10. The highest BCUT2D eigenvalue weighted by molar-refractivity contribution is 7.99. The van der Waals surface area contributed by atoms with E-state index in [4.69, 9.17) is 0 Å². The molecule has 0 aliphatic carbocycles. The minimum Gasteiger partial charge on any atom is -0.309 e. The molecule has 0 radical (unpaired) electrons. The zero-order valence-electron chi connectivity index (χ0n) is 10.5. The van der Waals surface area contributed by atoms with E-state index in [1.54, 1.807) is 0 Å². The lowest BCUT2D eigenvalue weighted by molar-refractivity contribution is 0.558. The Morgan fingerprint density at radius 2 is 2.12 bits per heavy atom. The van der Waals surface area contributed by atoms with Crippen LogP contribution in [0, 0.1) is 0 Å². The second kappa shape index (κ2) is 7.69. The van der Waals surface area contributed by atoms with Gasteiger partial charge in [-0.25, -0.2) is 0 Å². The highest BCUT2D eigenvalue weighted by Crippen LogP contribution is 2.19. The first-order valence-corrected chi connectivity index (χ1v) is 7.08. The molecule has 1 heterocycles. The summed E-state index contributed by atoms with van der Waals surface area (Å²) in [6.45, 7) is 7.59. The van der Waals surface area contributed by atoms with E-state index >= 15 is 0 Å². The fraction of sp³-hybridized carbons (Fsp3) is 0.615. The van der Waals surface area contributed by atoms with E-state index in [-0.39, 0.29) is 0 Å². The molecule has 0 saturated carbocycles. The van der Waals surface area contributed by atoms with Crippen molar-refractivity contribution < 1.29 is 0 Å². The summed E-state index contributed by atoms with van der Waals surface area (Å²) in [5.41, 5.74) is 1.13. The number of pyridine rings is 1. The third kappa shape index (κ3) is 4.54. The lowest BCUT2D eigenvalue weighted by Crippen LogP contribution is -2.20. The highest BCUT2D eigenvalue weighted by Gasteiger charge is 2.05. The molecule has 16 heavy (non-hydrogen) atoms. The van der Waals surface area contributed by atoms with Crippen LogP contribution in [-0.2, 0) is 0 Å². The summed E-state index contributed by atoms with van der Waals surface area (Å²) in [4.78, 5) is 5.77. The molecule has 2 nitrogen and oxygen atoms in total. The maximum atomic E-state index is 4.50. The lowest BCUT2D eigenvalue weighted by atomic mass is 10.2. The molecule has 0 spiro atoms. The Morgan fingerprint density at radius 1 is 1.31 bits per heavy atom. The summed E-state index contributed by atoms with van der Waals surface area (Å²) in [5, 5.41) is 3.44. The average molecular weight is 238 g/mol. The van der Waals surface area contributed by atoms with Crippen molar-refractivity contribution in [2.45, 2.75) is 44.6 Å². The molecule has 0 bridgehead atoms. The fourth-order valence-electron chi connectivity index (χ4n) is 1.42. The summed E-state index contributed by atoms with van der Waals surface area (Å²) >= 11 is 1.88. The van der Waals surface area contributed by atoms with E-state index in [0.29, 0.717) is 6.04 Å². The monoisotopic (exact) mass is 238 g/mol. The van der Waals surface area contributed by atoms with Gasteiger partial charge in [0.25, 0.3) is 0 Å². The van der Waals surface area contributed by atoms with Crippen molar-refractivity contribution in [3.63, 3.8) is 0 Å². The van der Waals surface area contributed by atoms with E-state index in [2.05, 4.69) is 43.2 Å². The number of hydrogen-bond donors (Lipinski definition) is 1. The van der Waals surface area contributed by atoms with Gasteiger partial charge < -0.3 is 5.32 Å². The van der Waals surface area contributed by atoms with Crippen molar-refractivity contribution >= 4 is 11.8 Å². The first-order chi connectivity index (χ1) is 7.77. The number of aromatic nitrogens is 1. The van der Waals surface area contributed by atoms with E-state index < -0.39 is 0 Å². The molecular weight excluding hydrogens is 216 g/mol. The van der Waals surface area contributed by atoms with E-state index in [9.17, 15) is 0 Å². The third-order valence-electron chi connectivity index (χ3n) is 2.38. The van der Waals surface area contributed by atoms with Crippen molar-refractivity contribution in [2.24, 2.45) is 0 Å². The van der Waals surface area contributed by atoms with Gasteiger partial charge >= 0.3 is 0 Å². The molecule has 0 aliphatic heterocycles. The van der Waals surface area contributed by atoms with Crippen LogP contribution in [-0.4, -0.2) is 17.3 Å². The Morgan fingerprint density at radius 3 is 2.69 bits per heavy atom. The Kier molecular flexibility index (Phi) is 6.50. The highest BCUT2D eigenvalue weighted by atomic mass is 32.2. The predicted octanol–water partition coefficient (Wildman–Crippen LogP) is 3.64. The molecule has 1 rings (SSSR count). The topological polar surface area (TPSA) is 24.9 Å². The van der Waals surface area contributed by atoms with E-state index in [1.165, 1.54) is 17.1 Å². The Labute approximate surface area is 103 Å². The first kappa shape index (κ1) is 13.5. The summed E-state index contributed by atoms with van der Waals surface area (Å²) in [6, 6.07) is 4.66. The molecule has 0 amide bonds. The molecule has 90 valence electrons. The number of hydrogen-bond acceptors (Lipinski definition) is 3. The van der Waals surface area contributed by atoms with Crippen molar-refractivity contribution in [3.05, 3.63) is 24.0 Å². The fourth-order valence-corrected chi connectivity index (χ4v) is 2.15. The number of thioether (sulfide) groups is 1. The van der Waals surface area contributed by atoms with Crippen molar-refractivity contribution in [2.75, 3.05) is 12.3 Å². The molecule has 0 aliphatic rings. The van der Waals surface area contributed by atoms with Crippen LogP contribution in [0.4, 0.5) is 0 Å². The second-order valence-corrected chi connectivity index (χ2v) is 5.11. The van der Waals surface area contributed by atoms with Crippen molar-refractivity contribution in [1.29, 1.82) is 0 Å². The van der Waals surface area contributed by atoms with Gasteiger partial charge in [-0.1, -0.05) is 13.8 Å². The standard InChI is InChI=1S/C13H22N2S/c1-4-8-14-11(3)13-7-6-12(10-15-13)16-9-5-2/h6-7,10-11,14H,4-5,8-9H2,1-3H3.